The van der Waals surface area contributed by atoms with Crippen molar-refractivity contribution >= 4 is 12.0 Å². The molecule has 1 amide bonds. The van der Waals surface area contributed by atoms with Gasteiger partial charge in [0.2, 0.25) is 5.95 Å². The van der Waals surface area contributed by atoms with Crippen LogP contribution in [0.5, 0.6) is 0 Å². The number of methoxy groups -OCH3 is 1. The Morgan fingerprint density at radius 1 is 1.36 bits per heavy atom. The first kappa shape index (κ1) is 16.9. The molecule has 3 rings (SSSR count). The number of hydrogen-bond acceptors (Lipinski definition) is 6. The van der Waals surface area contributed by atoms with E-state index in [4.69, 9.17) is 0 Å². The van der Waals surface area contributed by atoms with Crippen LogP contribution in [0.4, 0.5) is 15.1 Å². The van der Waals surface area contributed by atoms with Gasteiger partial charge < -0.3 is 15.0 Å². The van der Waals surface area contributed by atoms with E-state index < -0.39 is 18.3 Å². The average Bonchev–Trinajstić information content (AvgIpc) is 2.99. The summed E-state index contributed by atoms with van der Waals surface area (Å²) >= 11 is 0. The molecule has 132 valence electrons. The first-order chi connectivity index (χ1) is 12.0. The number of carbonyl (C=O) groups is 1. The molecule has 0 aromatic carbocycles. The number of amides is 1. The third kappa shape index (κ3) is 3.44. The lowest BCUT2D eigenvalue weighted by atomic mass is 10.2. The number of pyridine rings is 1. The number of aromatic nitrogens is 3. The molecule has 0 bridgehead atoms. The fourth-order valence-electron chi connectivity index (χ4n) is 2.68. The van der Waals surface area contributed by atoms with E-state index in [9.17, 15) is 14.0 Å². The summed E-state index contributed by atoms with van der Waals surface area (Å²) in [6.07, 6.45) is 1.33. The Morgan fingerprint density at radius 2 is 2.08 bits per heavy atom. The fourth-order valence-corrected chi connectivity index (χ4v) is 2.68. The van der Waals surface area contributed by atoms with Gasteiger partial charge in [0.05, 0.1) is 25.4 Å². The number of alkyl halides is 1. The van der Waals surface area contributed by atoms with Gasteiger partial charge in [0.25, 0.3) is 5.56 Å². The molecule has 0 aliphatic carbocycles. The van der Waals surface area contributed by atoms with Gasteiger partial charge in [-0.05, 0) is 12.1 Å². The second-order valence-corrected chi connectivity index (χ2v) is 5.74. The number of ether oxygens (including phenoxy) is 1. The van der Waals surface area contributed by atoms with E-state index in [1.165, 1.54) is 22.6 Å². The molecule has 9 heteroatoms. The van der Waals surface area contributed by atoms with Crippen LogP contribution in [0.1, 0.15) is 0 Å². The van der Waals surface area contributed by atoms with Crippen molar-refractivity contribution in [3.63, 3.8) is 0 Å². The SMILES string of the molecule is COC(=O)N1CC(F)[C@@H](Nc2nc(-c3ccncc3)cc(=O)n2C)C1. The lowest BCUT2D eigenvalue weighted by Crippen LogP contribution is -2.34. The van der Waals surface area contributed by atoms with Crippen molar-refractivity contribution in [1.82, 2.24) is 19.4 Å². The molecule has 0 radical (unpaired) electrons. The molecule has 1 aliphatic heterocycles. The molecular weight excluding hydrogens is 329 g/mol. The normalized spacial score (nSPS) is 19.7. The van der Waals surface area contributed by atoms with E-state index in [1.54, 1.807) is 31.6 Å². The molecule has 1 fully saturated rings. The van der Waals surface area contributed by atoms with E-state index in [-0.39, 0.29) is 24.6 Å². The summed E-state index contributed by atoms with van der Waals surface area (Å²) in [5, 5.41) is 2.93. The third-order valence-corrected chi connectivity index (χ3v) is 4.11. The Labute approximate surface area is 143 Å². The topological polar surface area (TPSA) is 89.3 Å². The summed E-state index contributed by atoms with van der Waals surface area (Å²) in [6, 6.07) is 4.20. The van der Waals surface area contributed by atoms with E-state index in [0.29, 0.717) is 5.69 Å². The van der Waals surface area contributed by atoms with Crippen LogP contribution in [-0.4, -0.2) is 57.9 Å². The van der Waals surface area contributed by atoms with E-state index >= 15 is 0 Å². The molecular formula is C16H18FN5O3. The predicted octanol–water partition coefficient (Wildman–Crippen LogP) is 1.04. The van der Waals surface area contributed by atoms with Crippen molar-refractivity contribution in [3.8, 4) is 11.3 Å². The second-order valence-electron chi connectivity index (χ2n) is 5.74. The molecule has 1 N–H and O–H groups in total. The molecule has 2 aromatic heterocycles. The number of hydrogen-bond donors (Lipinski definition) is 1. The van der Waals surface area contributed by atoms with Crippen LogP contribution in [0.3, 0.4) is 0 Å². The van der Waals surface area contributed by atoms with Crippen molar-refractivity contribution in [3.05, 3.63) is 40.9 Å². The van der Waals surface area contributed by atoms with E-state index in [0.717, 1.165) is 5.56 Å². The molecule has 2 atom stereocenters. The van der Waals surface area contributed by atoms with Crippen molar-refractivity contribution in [1.29, 1.82) is 0 Å². The largest absolute Gasteiger partial charge is 0.453 e. The van der Waals surface area contributed by atoms with Gasteiger partial charge in [0.15, 0.2) is 0 Å². The van der Waals surface area contributed by atoms with Crippen LogP contribution in [-0.2, 0) is 11.8 Å². The Kier molecular flexibility index (Phi) is 4.64. The van der Waals surface area contributed by atoms with Gasteiger partial charge in [0, 0.05) is 37.6 Å². The first-order valence-corrected chi connectivity index (χ1v) is 7.71. The zero-order chi connectivity index (χ0) is 18.0. The minimum absolute atomic E-state index is 0.0671. The zero-order valence-electron chi connectivity index (χ0n) is 13.8. The van der Waals surface area contributed by atoms with Gasteiger partial charge in [-0.25, -0.2) is 14.2 Å². The highest BCUT2D eigenvalue weighted by Gasteiger charge is 2.36. The Hall–Kier alpha value is -2.97. The Morgan fingerprint density at radius 3 is 2.76 bits per heavy atom. The molecule has 2 aromatic rings. The smallest absolute Gasteiger partial charge is 0.409 e. The number of carbonyl (C=O) groups excluding carboxylic acids is 1. The number of halogens is 1. The lowest BCUT2D eigenvalue weighted by Gasteiger charge is -2.18. The number of rotatable bonds is 3. The van der Waals surface area contributed by atoms with Gasteiger partial charge >= 0.3 is 6.09 Å². The van der Waals surface area contributed by atoms with E-state index in [2.05, 4.69) is 20.0 Å². The van der Waals surface area contributed by atoms with Crippen molar-refractivity contribution < 1.29 is 13.9 Å². The summed E-state index contributed by atoms with van der Waals surface area (Å²) in [4.78, 5) is 33.4. The molecule has 1 aliphatic rings. The zero-order valence-corrected chi connectivity index (χ0v) is 13.8. The first-order valence-electron chi connectivity index (χ1n) is 7.71. The number of likely N-dealkylation sites (tertiary alicyclic amines) is 1. The molecule has 0 saturated carbocycles. The summed E-state index contributed by atoms with van der Waals surface area (Å²) in [7, 11) is 2.80. The van der Waals surface area contributed by atoms with Crippen LogP contribution in [0.15, 0.2) is 35.4 Å². The molecule has 1 unspecified atom stereocenters. The molecule has 25 heavy (non-hydrogen) atoms. The number of nitrogens with one attached hydrogen (secondary N) is 1. The van der Waals surface area contributed by atoms with Gasteiger partial charge in [-0.2, -0.15) is 0 Å². The average molecular weight is 347 g/mol. The maximum absolute atomic E-state index is 14.2. The second kappa shape index (κ2) is 6.88. The molecule has 0 spiro atoms. The lowest BCUT2D eigenvalue weighted by molar-refractivity contribution is 0.130. The standard InChI is InChI=1S/C16H18FN5O3/c1-21-14(23)7-12(10-3-5-18-6-4-10)19-15(21)20-13-9-22(8-11(13)17)16(24)25-2/h3-7,11,13H,8-9H2,1-2H3,(H,19,20)/t11?,13-/m0/s1. The quantitative estimate of drug-likeness (QED) is 0.892. The number of nitrogens with zero attached hydrogens (tertiary/aromatic N) is 4. The number of anilines is 1. The van der Waals surface area contributed by atoms with Crippen LogP contribution in [0.25, 0.3) is 11.3 Å². The predicted molar refractivity (Wildman–Crippen MR) is 89.0 cm³/mol. The third-order valence-electron chi connectivity index (χ3n) is 4.11. The highest BCUT2D eigenvalue weighted by Crippen LogP contribution is 2.20. The Bertz CT molecular complexity index is 826. The van der Waals surface area contributed by atoms with Crippen molar-refractivity contribution in [2.45, 2.75) is 12.2 Å². The summed E-state index contributed by atoms with van der Waals surface area (Å²) < 4.78 is 20.2. The maximum atomic E-state index is 14.2. The van der Waals surface area contributed by atoms with Gasteiger partial charge in [-0.3, -0.25) is 14.3 Å². The fraction of sp³-hybridized carbons (Fsp3) is 0.375. The maximum Gasteiger partial charge on any atom is 0.409 e. The molecule has 8 nitrogen and oxygen atoms in total. The van der Waals surface area contributed by atoms with E-state index in [1.807, 2.05) is 0 Å². The minimum Gasteiger partial charge on any atom is -0.453 e. The van der Waals surface area contributed by atoms with Gasteiger partial charge in [-0.1, -0.05) is 0 Å². The summed E-state index contributed by atoms with van der Waals surface area (Å²) in [5.74, 6) is 0.235. The van der Waals surface area contributed by atoms with Crippen LogP contribution in [0.2, 0.25) is 0 Å². The van der Waals surface area contributed by atoms with Crippen LogP contribution in [0, 0.1) is 0 Å². The highest BCUT2D eigenvalue weighted by molar-refractivity contribution is 5.68. The summed E-state index contributed by atoms with van der Waals surface area (Å²) in [6.45, 7) is 0.0610. The van der Waals surface area contributed by atoms with Crippen LogP contribution < -0.4 is 10.9 Å². The van der Waals surface area contributed by atoms with Crippen LogP contribution >= 0.6 is 0 Å². The highest BCUT2D eigenvalue weighted by atomic mass is 19.1. The van der Waals surface area contributed by atoms with Crippen molar-refractivity contribution in [2.24, 2.45) is 7.05 Å². The minimum atomic E-state index is -1.29. The van der Waals surface area contributed by atoms with Gasteiger partial charge in [0.1, 0.15) is 6.17 Å². The molecule has 1 saturated heterocycles. The monoisotopic (exact) mass is 347 g/mol. The molecule has 3 heterocycles. The van der Waals surface area contributed by atoms with Gasteiger partial charge in [-0.15, -0.1) is 0 Å². The Balaban J connectivity index is 1.86. The summed E-state index contributed by atoms with van der Waals surface area (Å²) in [5.41, 5.74) is 0.920. The van der Waals surface area contributed by atoms with Crippen molar-refractivity contribution in [2.75, 3.05) is 25.5 Å².